The maximum absolute atomic E-state index is 12.0. The summed E-state index contributed by atoms with van der Waals surface area (Å²) in [4.78, 5) is 16.4. The summed E-state index contributed by atoms with van der Waals surface area (Å²) in [5.74, 6) is 0.168. The summed E-state index contributed by atoms with van der Waals surface area (Å²) >= 11 is 0. The molecule has 0 radical (unpaired) electrons. The SMILES string of the molecule is CC(C)(C)N1CCN(C(=O)C2(N)CC2)CC1. The number of hydrogen-bond donors (Lipinski definition) is 1. The molecular formula is C12H23N3O. The van der Waals surface area contributed by atoms with Crippen LogP contribution in [0.3, 0.4) is 0 Å². The van der Waals surface area contributed by atoms with Crippen molar-refractivity contribution in [2.45, 2.75) is 44.7 Å². The van der Waals surface area contributed by atoms with Crippen molar-refractivity contribution in [1.29, 1.82) is 0 Å². The van der Waals surface area contributed by atoms with E-state index in [2.05, 4.69) is 25.7 Å². The molecule has 0 unspecified atom stereocenters. The van der Waals surface area contributed by atoms with Crippen LogP contribution in [0.1, 0.15) is 33.6 Å². The molecule has 0 aromatic heterocycles. The van der Waals surface area contributed by atoms with Crippen molar-refractivity contribution in [2.75, 3.05) is 26.2 Å². The van der Waals surface area contributed by atoms with E-state index < -0.39 is 5.54 Å². The highest BCUT2D eigenvalue weighted by molar-refractivity contribution is 5.89. The molecule has 1 saturated carbocycles. The first-order valence-electron chi connectivity index (χ1n) is 6.16. The van der Waals surface area contributed by atoms with E-state index in [1.165, 1.54) is 0 Å². The molecule has 4 heteroatoms. The average molecular weight is 225 g/mol. The minimum atomic E-state index is -0.496. The van der Waals surface area contributed by atoms with Gasteiger partial charge in [-0.05, 0) is 33.6 Å². The Kier molecular flexibility index (Phi) is 2.75. The summed E-state index contributed by atoms with van der Waals surface area (Å²) in [7, 11) is 0. The van der Waals surface area contributed by atoms with Crippen LogP contribution < -0.4 is 5.73 Å². The third-order valence-electron chi connectivity index (χ3n) is 3.73. The van der Waals surface area contributed by atoms with E-state index >= 15 is 0 Å². The van der Waals surface area contributed by atoms with Crippen LogP contribution in [0.4, 0.5) is 0 Å². The number of rotatable bonds is 1. The van der Waals surface area contributed by atoms with E-state index in [9.17, 15) is 4.79 Å². The maximum atomic E-state index is 12.0. The number of nitrogens with two attached hydrogens (primary N) is 1. The van der Waals surface area contributed by atoms with E-state index in [1.807, 2.05) is 4.90 Å². The van der Waals surface area contributed by atoms with Gasteiger partial charge in [0.05, 0.1) is 5.54 Å². The highest BCUT2D eigenvalue weighted by Gasteiger charge is 2.48. The van der Waals surface area contributed by atoms with E-state index in [-0.39, 0.29) is 11.4 Å². The molecule has 1 aliphatic heterocycles. The standard InChI is InChI=1S/C12H23N3O/c1-11(2,3)15-8-6-14(7-9-15)10(16)12(13)4-5-12/h4-9,13H2,1-3H3. The van der Waals surface area contributed by atoms with Crippen LogP contribution in [0.15, 0.2) is 0 Å². The monoisotopic (exact) mass is 225 g/mol. The van der Waals surface area contributed by atoms with Crippen LogP contribution in [0.5, 0.6) is 0 Å². The first-order valence-corrected chi connectivity index (χ1v) is 6.16. The molecule has 92 valence electrons. The molecule has 0 aromatic carbocycles. The Bertz CT molecular complexity index is 283. The van der Waals surface area contributed by atoms with Gasteiger partial charge in [0.2, 0.25) is 5.91 Å². The Labute approximate surface area is 97.8 Å². The van der Waals surface area contributed by atoms with E-state index in [1.54, 1.807) is 0 Å². The fraction of sp³-hybridized carbons (Fsp3) is 0.917. The van der Waals surface area contributed by atoms with Crippen LogP contribution in [-0.2, 0) is 4.79 Å². The normalized spacial score (nSPS) is 25.6. The van der Waals surface area contributed by atoms with Gasteiger partial charge in [0.15, 0.2) is 0 Å². The van der Waals surface area contributed by atoms with Crippen molar-refractivity contribution in [3.05, 3.63) is 0 Å². The number of amides is 1. The summed E-state index contributed by atoms with van der Waals surface area (Å²) in [6.45, 7) is 10.2. The van der Waals surface area contributed by atoms with Crippen molar-refractivity contribution in [3.8, 4) is 0 Å². The molecule has 0 spiro atoms. The van der Waals surface area contributed by atoms with E-state index in [0.29, 0.717) is 0 Å². The number of piperazine rings is 1. The summed E-state index contributed by atoms with van der Waals surface area (Å²) < 4.78 is 0. The van der Waals surface area contributed by atoms with E-state index in [0.717, 1.165) is 39.0 Å². The first kappa shape index (κ1) is 11.9. The fourth-order valence-corrected chi connectivity index (χ4v) is 2.24. The fourth-order valence-electron chi connectivity index (χ4n) is 2.24. The lowest BCUT2D eigenvalue weighted by Crippen LogP contribution is -2.57. The number of hydrogen-bond acceptors (Lipinski definition) is 3. The molecule has 1 heterocycles. The Morgan fingerprint density at radius 1 is 1.12 bits per heavy atom. The molecule has 2 fully saturated rings. The van der Waals surface area contributed by atoms with Gasteiger partial charge in [0.1, 0.15) is 0 Å². The smallest absolute Gasteiger partial charge is 0.242 e. The summed E-state index contributed by atoms with van der Waals surface area (Å²) in [6.07, 6.45) is 1.73. The van der Waals surface area contributed by atoms with Crippen molar-refractivity contribution < 1.29 is 4.79 Å². The molecule has 16 heavy (non-hydrogen) atoms. The maximum Gasteiger partial charge on any atom is 0.242 e. The summed E-state index contributed by atoms with van der Waals surface area (Å²) in [6, 6.07) is 0. The molecule has 4 nitrogen and oxygen atoms in total. The van der Waals surface area contributed by atoms with Crippen molar-refractivity contribution >= 4 is 5.91 Å². The lowest BCUT2D eigenvalue weighted by Gasteiger charge is -2.42. The predicted octanol–water partition coefficient (Wildman–Crippen LogP) is 0.420. The molecule has 2 N–H and O–H groups in total. The van der Waals surface area contributed by atoms with Gasteiger partial charge in [-0.1, -0.05) is 0 Å². The number of carbonyl (C=O) groups excluding carboxylic acids is 1. The van der Waals surface area contributed by atoms with Crippen LogP contribution in [0.2, 0.25) is 0 Å². The summed E-state index contributed by atoms with van der Waals surface area (Å²) in [5, 5.41) is 0. The number of nitrogens with zero attached hydrogens (tertiary/aromatic N) is 2. The number of carbonyl (C=O) groups is 1. The van der Waals surface area contributed by atoms with Gasteiger partial charge >= 0.3 is 0 Å². The Hall–Kier alpha value is -0.610. The third kappa shape index (κ3) is 2.23. The predicted molar refractivity (Wildman–Crippen MR) is 64.1 cm³/mol. The molecule has 0 aromatic rings. The largest absolute Gasteiger partial charge is 0.339 e. The molecule has 2 rings (SSSR count). The summed E-state index contributed by atoms with van der Waals surface area (Å²) in [5.41, 5.74) is 5.64. The molecule has 0 bridgehead atoms. The van der Waals surface area contributed by atoms with Crippen LogP contribution in [0, 0.1) is 0 Å². The van der Waals surface area contributed by atoms with Crippen LogP contribution >= 0.6 is 0 Å². The molecule has 1 aliphatic carbocycles. The van der Waals surface area contributed by atoms with Gasteiger partial charge in [-0.3, -0.25) is 9.69 Å². The minimum absolute atomic E-state index is 0.168. The lowest BCUT2D eigenvalue weighted by molar-refractivity contribution is -0.136. The van der Waals surface area contributed by atoms with Crippen LogP contribution in [0.25, 0.3) is 0 Å². The second-order valence-corrected chi connectivity index (χ2v) is 6.11. The Morgan fingerprint density at radius 2 is 1.62 bits per heavy atom. The van der Waals surface area contributed by atoms with Gasteiger partial charge in [-0.15, -0.1) is 0 Å². The minimum Gasteiger partial charge on any atom is -0.339 e. The van der Waals surface area contributed by atoms with Gasteiger partial charge < -0.3 is 10.6 Å². The highest BCUT2D eigenvalue weighted by Crippen LogP contribution is 2.34. The van der Waals surface area contributed by atoms with Crippen molar-refractivity contribution in [3.63, 3.8) is 0 Å². The zero-order chi connectivity index (χ0) is 12.0. The average Bonchev–Trinajstić information content (AvgIpc) is 2.96. The zero-order valence-corrected chi connectivity index (χ0v) is 10.6. The van der Waals surface area contributed by atoms with Crippen molar-refractivity contribution in [1.82, 2.24) is 9.80 Å². The van der Waals surface area contributed by atoms with Crippen LogP contribution in [-0.4, -0.2) is 53.0 Å². The van der Waals surface area contributed by atoms with Gasteiger partial charge in [0.25, 0.3) is 0 Å². The molecular weight excluding hydrogens is 202 g/mol. The second-order valence-electron chi connectivity index (χ2n) is 6.11. The lowest BCUT2D eigenvalue weighted by atomic mass is 10.0. The first-order chi connectivity index (χ1) is 7.33. The topological polar surface area (TPSA) is 49.6 Å². The highest BCUT2D eigenvalue weighted by atomic mass is 16.2. The molecule has 1 amide bonds. The van der Waals surface area contributed by atoms with Gasteiger partial charge in [-0.25, -0.2) is 0 Å². The Morgan fingerprint density at radius 3 is 2.00 bits per heavy atom. The quantitative estimate of drug-likeness (QED) is 0.703. The van der Waals surface area contributed by atoms with Gasteiger partial charge in [0, 0.05) is 31.7 Å². The Balaban J connectivity index is 1.88. The van der Waals surface area contributed by atoms with E-state index in [4.69, 9.17) is 5.73 Å². The zero-order valence-electron chi connectivity index (χ0n) is 10.6. The second kappa shape index (κ2) is 3.70. The van der Waals surface area contributed by atoms with Gasteiger partial charge in [-0.2, -0.15) is 0 Å². The molecule has 0 atom stereocenters. The van der Waals surface area contributed by atoms with Crippen molar-refractivity contribution in [2.24, 2.45) is 5.73 Å². The molecule has 2 aliphatic rings. The molecule has 1 saturated heterocycles. The third-order valence-corrected chi connectivity index (χ3v) is 3.73.